The van der Waals surface area contributed by atoms with Crippen molar-refractivity contribution in [3.8, 4) is 0 Å². The summed E-state index contributed by atoms with van der Waals surface area (Å²) in [5.74, 6) is -0.0468. The summed E-state index contributed by atoms with van der Waals surface area (Å²) in [5.41, 5.74) is 1.36. The number of halogens is 3. The van der Waals surface area contributed by atoms with E-state index in [4.69, 9.17) is 23.2 Å². The Hall–Kier alpha value is -1.56. The fourth-order valence-corrected chi connectivity index (χ4v) is 3.70. The van der Waals surface area contributed by atoms with Crippen molar-refractivity contribution in [2.24, 2.45) is 0 Å². The van der Waals surface area contributed by atoms with Crippen LogP contribution in [-0.2, 0) is 11.2 Å². The molecule has 1 aliphatic rings. The molecule has 0 radical (unpaired) electrons. The molecule has 0 aromatic heterocycles. The van der Waals surface area contributed by atoms with Gasteiger partial charge in [0, 0.05) is 46.3 Å². The average molecular weight is 456 g/mol. The summed E-state index contributed by atoms with van der Waals surface area (Å²) in [6, 6.07) is 12.4. The molecule has 2 aromatic rings. The first-order valence-electron chi connectivity index (χ1n) is 8.20. The quantitative estimate of drug-likeness (QED) is 0.692. The summed E-state index contributed by atoms with van der Waals surface area (Å²) in [6.07, 6.45) is 0.251. The Bertz CT molecular complexity index is 836. The van der Waals surface area contributed by atoms with Crippen molar-refractivity contribution in [2.75, 3.05) is 26.2 Å². The minimum Gasteiger partial charge on any atom is -0.339 e. The van der Waals surface area contributed by atoms with E-state index >= 15 is 0 Å². The zero-order valence-corrected chi connectivity index (χ0v) is 17.0. The Morgan fingerprint density at radius 3 is 2.35 bits per heavy atom. The molecule has 0 saturated carbocycles. The van der Waals surface area contributed by atoms with Crippen LogP contribution in [0.1, 0.15) is 15.9 Å². The van der Waals surface area contributed by atoms with Crippen molar-refractivity contribution >= 4 is 50.9 Å². The van der Waals surface area contributed by atoms with E-state index in [9.17, 15) is 9.59 Å². The van der Waals surface area contributed by atoms with Crippen molar-refractivity contribution in [1.82, 2.24) is 9.80 Å². The smallest absolute Gasteiger partial charge is 0.254 e. The lowest BCUT2D eigenvalue weighted by atomic mass is 10.1. The zero-order chi connectivity index (χ0) is 18.7. The van der Waals surface area contributed by atoms with Gasteiger partial charge in [0.25, 0.3) is 5.91 Å². The van der Waals surface area contributed by atoms with Crippen molar-refractivity contribution < 1.29 is 9.59 Å². The summed E-state index contributed by atoms with van der Waals surface area (Å²) >= 11 is 15.5. The van der Waals surface area contributed by atoms with Crippen LogP contribution < -0.4 is 0 Å². The van der Waals surface area contributed by atoms with Crippen LogP contribution in [0, 0.1) is 0 Å². The van der Waals surface area contributed by atoms with E-state index in [0.29, 0.717) is 41.8 Å². The fraction of sp³-hybridized carbons (Fsp3) is 0.263. The number of piperazine rings is 1. The summed E-state index contributed by atoms with van der Waals surface area (Å²) in [7, 11) is 0. The highest BCUT2D eigenvalue weighted by molar-refractivity contribution is 9.10. The number of carbonyl (C=O) groups is 2. The SMILES string of the molecule is O=C(Cc1cc(Br)ccc1Cl)N1CCN(C(=O)c2cccc(Cl)c2)CC1. The van der Waals surface area contributed by atoms with Gasteiger partial charge in [0.2, 0.25) is 5.91 Å². The maximum absolute atomic E-state index is 12.6. The molecule has 2 amide bonds. The highest BCUT2D eigenvalue weighted by atomic mass is 79.9. The van der Waals surface area contributed by atoms with Crippen LogP contribution in [0.2, 0.25) is 10.0 Å². The summed E-state index contributed by atoms with van der Waals surface area (Å²) in [6.45, 7) is 2.03. The van der Waals surface area contributed by atoms with E-state index in [-0.39, 0.29) is 18.2 Å². The van der Waals surface area contributed by atoms with Gasteiger partial charge in [-0.15, -0.1) is 0 Å². The molecular weight excluding hydrogens is 439 g/mol. The minimum absolute atomic E-state index is 0.0138. The fourth-order valence-electron chi connectivity index (χ4n) is 2.92. The summed E-state index contributed by atoms with van der Waals surface area (Å²) in [5, 5.41) is 1.12. The molecule has 7 heteroatoms. The number of nitrogens with zero attached hydrogens (tertiary/aromatic N) is 2. The van der Waals surface area contributed by atoms with Crippen molar-refractivity contribution in [3.63, 3.8) is 0 Å². The number of carbonyl (C=O) groups excluding carboxylic acids is 2. The van der Waals surface area contributed by atoms with Gasteiger partial charge in [0.15, 0.2) is 0 Å². The van der Waals surface area contributed by atoms with Crippen LogP contribution in [0.15, 0.2) is 46.9 Å². The largest absolute Gasteiger partial charge is 0.339 e. The van der Waals surface area contributed by atoms with Crippen LogP contribution in [0.5, 0.6) is 0 Å². The lowest BCUT2D eigenvalue weighted by molar-refractivity contribution is -0.131. The van der Waals surface area contributed by atoms with Gasteiger partial charge in [-0.3, -0.25) is 9.59 Å². The summed E-state index contributed by atoms with van der Waals surface area (Å²) < 4.78 is 0.890. The molecule has 1 heterocycles. The molecule has 3 rings (SSSR count). The van der Waals surface area contributed by atoms with Gasteiger partial charge in [-0.05, 0) is 42.0 Å². The van der Waals surface area contributed by atoms with Gasteiger partial charge in [-0.1, -0.05) is 45.2 Å². The summed E-state index contributed by atoms with van der Waals surface area (Å²) in [4.78, 5) is 28.6. The molecule has 0 N–H and O–H groups in total. The third-order valence-electron chi connectivity index (χ3n) is 4.34. The molecule has 1 aliphatic heterocycles. The molecule has 136 valence electrons. The molecule has 1 saturated heterocycles. The highest BCUT2D eigenvalue weighted by Gasteiger charge is 2.25. The standard InChI is InChI=1S/C19H17BrCl2N2O2/c20-15-4-5-17(22)14(10-15)12-18(25)23-6-8-24(9-7-23)19(26)13-2-1-3-16(21)11-13/h1-5,10-11H,6-9,12H2. The Morgan fingerprint density at radius 2 is 1.65 bits per heavy atom. The second-order valence-electron chi connectivity index (χ2n) is 6.10. The lowest BCUT2D eigenvalue weighted by Crippen LogP contribution is -2.51. The molecular formula is C19H17BrCl2N2O2. The van der Waals surface area contributed by atoms with E-state index in [0.717, 1.165) is 10.0 Å². The maximum atomic E-state index is 12.6. The van der Waals surface area contributed by atoms with Crippen LogP contribution in [0.4, 0.5) is 0 Å². The maximum Gasteiger partial charge on any atom is 0.254 e. The van der Waals surface area contributed by atoms with E-state index in [1.54, 1.807) is 40.1 Å². The highest BCUT2D eigenvalue weighted by Crippen LogP contribution is 2.22. The van der Waals surface area contributed by atoms with Crippen molar-refractivity contribution in [1.29, 1.82) is 0 Å². The first kappa shape index (κ1) is 19.2. The van der Waals surface area contributed by atoms with Crippen LogP contribution >= 0.6 is 39.1 Å². The number of benzene rings is 2. The van der Waals surface area contributed by atoms with E-state index < -0.39 is 0 Å². The first-order chi connectivity index (χ1) is 12.4. The topological polar surface area (TPSA) is 40.6 Å². The van der Waals surface area contributed by atoms with Gasteiger partial charge >= 0.3 is 0 Å². The van der Waals surface area contributed by atoms with Crippen LogP contribution in [0.3, 0.4) is 0 Å². The Morgan fingerprint density at radius 1 is 0.962 bits per heavy atom. The third kappa shape index (κ3) is 4.58. The number of hydrogen-bond donors (Lipinski definition) is 0. The van der Waals surface area contributed by atoms with Crippen LogP contribution in [0.25, 0.3) is 0 Å². The Labute approximate surface area is 170 Å². The molecule has 0 spiro atoms. The molecule has 0 atom stereocenters. The first-order valence-corrected chi connectivity index (χ1v) is 9.75. The Balaban J connectivity index is 1.58. The molecule has 1 fully saturated rings. The van der Waals surface area contributed by atoms with Gasteiger partial charge in [-0.25, -0.2) is 0 Å². The molecule has 26 heavy (non-hydrogen) atoms. The van der Waals surface area contributed by atoms with E-state index in [2.05, 4.69) is 15.9 Å². The molecule has 0 unspecified atom stereocenters. The normalized spacial score (nSPS) is 14.4. The number of rotatable bonds is 3. The number of amides is 2. The van der Waals surface area contributed by atoms with Gasteiger partial charge < -0.3 is 9.80 Å². The Kier molecular flexibility index (Phi) is 6.22. The zero-order valence-electron chi connectivity index (χ0n) is 13.9. The lowest BCUT2D eigenvalue weighted by Gasteiger charge is -2.35. The molecule has 0 bridgehead atoms. The second-order valence-corrected chi connectivity index (χ2v) is 7.86. The average Bonchev–Trinajstić information content (AvgIpc) is 2.64. The predicted molar refractivity (Wildman–Crippen MR) is 107 cm³/mol. The predicted octanol–water partition coefficient (Wildman–Crippen LogP) is 4.28. The van der Waals surface area contributed by atoms with Crippen molar-refractivity contribution in [2.45, 2.75) is 6.42 Å². The minimum atomic E-state index is -0.0605. The molecule has 0 aliphatic carbocycles. The monoisotopic (exact) mass is 454 g/mol. The van der Waals surface area contributed by atoms with Gasteiger partial charge in [-0.2, -0.15) is 0 Å². The second kappa shape index (κ2) is 8.42. The molecule has 4 nitrogen and oxygen atoms in total. The van der Waals surface area contributed by atoms with Gasteiger partial charge in [0.05, 0.1) is 6.42 Å². The van der Waals surface area contributed by atoms with Crippen molar-refractivity contribution in [3.05, 3.63) is 68.1 Å². The third-order valence-corrected chi connectivity index (χ3v) is 5.44. The van der Waals surface area contributed by atoms with Crippen LogP contribution in [-0.4, -0.2) is 47.8 Å². The molecule has 2 aromatic carbocycles. The number of hydrogen-bond acceptors (Lipinski definition) is 2. The van der Waals surface area contributed by atoms with E-state index in [1.165, 1.54) is 0 Å². The van der Waals surface area contributed by atoms with E-state index in [1.807, 2.05) is 12.1 Å². The van der Waals surface area contributed by atoms with Gasteiger partial charge in [0.1, 0.15) is 0 Å².